The first-order chi connectivity index (χ1) is 13.1. The molecule has 148 valence electrons. The summed E-state index contributed by atoms with van der Waals surface area (Å²) in [6.07, 6.45) is 0.657. The zero-order chi connectivity index (χ0) is 19.4. The minimum absolute atomic E-state index is 0.0460. The van der Waals surface area contributed by atoms with Gasteiger partial charge in [-0.2, -0.15) is 0 Å². The van der Waals surface area contributed by atoms with E-state index in [1.54, 1.807) is 14.2 Å². The second-order valence-corrected chi connectivity index (χ2v) is 7.12. The summed E-state index contributed by atoms with van der Waals surface area (Å²) in [4.78, 5) is 29.3. The van der Waals surface area contributed by atoms with Crippen molar-refractivity contribution in [3.63, 3.8) is 0 Å². The standard InChI is InChI=1S/C20H29N3O4/c1-4-22-7-9-23(10-8-22)20(25)16-12-15(16)19(24)21-13-14-5-6-17(26-2)18(11-14)27-3/h5-6,11,15-16H,4,7-10,12-13H2,1-3H3,(H,21,24). The molecule has 7 heteroatoms. The number of carbonyl (C=O) groups excluding carboxylic acids is 2. The summed E-state index contributed by atoms with van der Waals surface area (Å²) in [6, 6.07) is 5.56. The Labute approximate surface area is 160 Å². The molecule has 0 spiro atoms. The van der Waals surface area contributed by atoms with Gasteiger partial charge in [0, 0.05) is 32.7 Å². The minimum Gasteiger partial charge on any atom is -0.493 e. The highest BCUT2D eigenvalue weighted by atomic mass is 16.5. The largest absolute Gasteiger partial charge is 0.493 e. The van der Waals surface area contributed by atoms with Gasteiger partial charge in [-0.05, 0) is 30.7 Å². The van der Waals surface area contributed by atoms with E-state index in [2.05, 4.69) is 17.1 Å². The molecule has 1 aliphatic carbocycles. The van der Waals surface area contributed by atoms with Crippen LogP contribution in [0.3, 0.4) is 0 Å². The van der Waals surface area contributed by atoms with Crippen LogP contribution in [0, 0.1) is 11.8 Å². The van der Waals surface area contributed by atoms with Crippen molar-refractivity contribution in [2.45, 2.75) is 19.9 Å². The van der Waals surface area contributed by atoms with E-state index in [9.17, 15) is 9.59 Å². The molecule has 0 radical (unpaired) electrons. The van der Waals surface area contributed by atoms with Crippen molar-refractivity contribution < 1.29 is 19.1 Å². The van der Waals surface area contributed by atoms with Crippen molar-refractivity contribution in [2.24, 2.45) is 11.8 Å². The maximum absolute atomic E-state index is 12.6. The molecule has 1 heterocycles. The lowest BCUT2D eigenvalue weighted by Gasteiger charge is -2.34. The van der Waals surface area contributed by atoms with Gasteiger partial charge in [0.1, 0.15) is 0 Å². The van der Waals surface area contributed by atoms with Gasteiger partial charge >= 0.3 is 0 Å². The maximum Gasteiger partial charge on any atom is 0.226 e. The molecule has 1 aromatic rings. The SMILES string of the molecule is CCN1CCN(C(=O)C2CC2C(=O)NCc2ccc(OC)c(OC)c2)CC1. The number of rotatable bonds is 7. The van der Waals surface area contributed by atoms with Crippen molar-refractivity contribution in [1.82, 2.24) is 15.1 Å². The van der Waals surface area contributed by atoms with Crippen LogP contribution >= 0.6 is 0 Å². The van der Waals surface area contributed by atoms with E-state index in [-0.39, 0.29) is 23.7 Å². The van der Waals surface area contributed by atoms with Crippen molar-refractivity contribution in [2.75, 3.05) is 46.9 Å². The topological polar surface area (TPSA) is 71.1 Å². The summed E-state index contributed by atoms with van der Waals surface area (Å²) in [7, 11) is 3.17. The number of piperazine rings is 1. The number of hydrogen-bond donors (Lipinski definition) is 1. The van der Waals surface area contributed by atoms with Crippen molar-refractivity contribution in [1.29, 1.82) is 0 Å². The molecular weight excluding hydrogens is 346 g/mol. The van der Waals surface area contributed by atoms with Crippen LogP contribution in [0.25, 0.3) is 0 Å². The predicted molar refractivity (Wildman–Crippen MR) is 102 cm³/mol. The van der Waals surface area contributed by atoms with Crippen LogP contribution in [-0.4, -0.2) is 68.6 Å². The van der Waals surface area contributed by atoms with Gasteiger partial charge in [-0.1, -0.05) is 13.0 Å². The lowest BCUT2D eigenvalue weighted by Crippen LogP contribution is -2.49. The minimum atomic E-state index is -0.193. The molecular formula is C20H29N3O4. The van der Waals surface area contributed by atoms with Gasteiger partial charge in [-0.15, -0.1) is 0 Å². The van der Waals surface area contributed by atoms with Crippen LogP contribution in [0.15, 0.2) is 18.2 Å². The monoisotopic (exact) mass is 375 g/mol. The fourth-order valence-electron chi connectivity index (χ4n) is 3.59. The smallest absolute Gasteiger partial charge is 0.226 e. The Morgan fingerprint density at radius 3 is 2.41 bits per heavy atom. The zero-order valence-corrected chi connectivity index (χ0v) is 16.4. The van der Waals surface area contributed by atoms with Crippen LogP contribution < -0.4 is 14.8 Å². The van der Waals surface area contributed by atoms with Gasteiger partial charge < -0.3 is 24.6 Å². The number of likely N-dealkylation sites (N-methyl/N-ethyl adjacent to an activating group) is 1. The number of nitrogens with one attached hydrogen (secondary N) is 1. The molecule has 1 saturated carbocycles. The molecule has 2 fully saturated rings. The number of hydrogen-bond acceptors (Lipinski definition) is 5. The average molecular weight is 375 g/mol. The third-order valence-corrected chi connectivity index (χ3v) is 5.49. The Kier molecular flexibility index (Phi) is 6.21. The van der Waals surface area contributed by atoms with Crippen molar-refractivity contribution in [3.05, 3.63) is 23.8 Å². The van der Waals surface area contributed by atoms with Gasteiger partial charge in [0.05, 0.1) is 26.1 Å². The molecule has 0 bridgehead atoms. The Balaban J connectivity index is 1.47. The van der Waals surface area contributed by atoms with E-state index < -0.39 is 0 Å². The second kappa shape index (κ2) is 8.61. The fourth-order valence-corrected chi connectivity index (χ4v) is 3.59. The van der Waals surface area contributed by atoms with Crippen LogP contribution in [0.2, 0.25) is 0 Å². The summed E-state index contributed by atoms with van der Waals surface area (Å²) in [5, 5.41) is 2.94. The Morgan fingerprint density at radius 2 is 1.78 bits per heavy atom. The molecule has 7 nitrogen and oxygen atoms in total. The average Bonchev–Trinajstić information content (AvgIpc) is 3.52. The molecule has 1 aliphatic heterocycles. The van der Waals surface area contributed by atoms with E-state index >= 15 is 0 Å². The number of benzene rings is 1. The maximum atomic E-state index is 12.6. The van der Waals surface area contributed by atoms with Gasteiger partial charge in [-0.3, -0.25) is 9.59 Å². The Morgan fingerprint density at radius 1 is 1.07 bits per heavy atom. The zero-order valence-electron chi connectivity index (χ0n) is 16.4. The summed E-state index contributed by atoms with van der Waals surface area (Å²) in [6.45, 7) is 6.94. The molecule has 2 aliphatic rings. The van der Waals surface area contributed by atoms with Gasteiger partial charge in [0.2, 0.25) is 11.8 Å². The molecule has 3 rings (SSSR count). The summed E-state index contributed by atoms with van der Waals surface area (Å²) < 4.78 is 10.5. The van der Waals surface area contributed by atoms with Gasteiger partial charge in [0.15, 0.2) is 11.5 Å². The first-order valence-corrected chi connectivity index (χ1v) is 9.57. The quantitative estimate of drug-likeness (QED) is 0.773. The predicted octanol–water partition coefficient (Wildman–Crippen LogP) is 1.12. The molecule has 1 aromatic carbocycles. The van der Waals surface area contributed by atoms with Crippen LogP contribution in [0.1, 0.15) is 18.9 Å². The number of ether oxygens (including phenoxy) is 2. The Hall–Kier alpha value is -2.28. The lowest BCUT2D eigenvalue weighted by molar-refractivity contribution is -0.136. The summed E-state index contributed by atoms with van der Waals surface area (Å²) in [5.41, 5.74) is 0.931. The molecule has 0 aromatic heterocycles. The first kappa shape index (κ1) is 19.5. The second-order valence-electron chi connectivity index (χ2n) is 7.12. The van der Waals surface area contributed by atoms with Crippen LogP contribution in [-0.2, 0) is 16.1 Å². The number of methoxy groups -OCH3 is 2. The van der Waals surface area contributed by atoms with Crippen LogP contribution in [0.5, 0.6) is 11.5 Å². The van der Waals surface area contributed by atoms with E-state index in [1.807, 2.05) is 23.1 Å². The van der Waals surface area contributed by atoms with Crippen molar-refractivity contribution >= 4 is 11.8 Å². The van der Waals surface area contributed by atoms with Crippen molar-refractivity contribution in [3.8, 4) is 11.5 Å². The van der Waals surface area contributed by atoms with Gasteiger partial charge in [-0.25, -0.2) is 0 Å². The van der Waals surface area contributed by atoms with E-state index in [0.717, 1.165) is 38.3 Å². The molecule has 27 heavy (non-hydrogen) atoms. The van der Waals surface area contributed by atoms with E-state index in [0.29, 0.717) is 24.5 Å². The van der Waals surface area contributed by atoms with E-state index in [1.165, 1.54) is 0 Å². The Bertz CT molecular complexity index is 686. The normalized spacial score (nSPS) is 22.3. The van der Waals surface area contributed by atoms with E-state index in [4.69, 9.17) is 9.47 Å². The molecule has 2 atom stereocenters. The highest BCUT2D eigenvalue weighted by Crippen LogP contribution is 2.40. The molecule has 2 unspecified atom stereocenters. The lowest BCUT2D eigenvalue weighted by atomic mass is 10.2. The fraction of sp³-hybridized carbons (Fsp3) is 0.600. The molecule has 1 N–H and O–H groups in total. The highest BCUT2D eigenvalue weighted by molar-refractivity contribution is 5.92. The third kappa shape index (κ3) is 4.53. The number of amides is 2. The van der Waals surface area contributed by atoms with Crippen LogP contribution in [0.4, 0.5) is 0 Å². The van der Waals surface area contributed by atoms with Gasteiger partial charge in [0.25, 0.3) is 0 Å². The number of nitrogens with zero attached hydrogens (tertiary/aromatic N) is 2. The molecule has 1 saturated heterocycles. The summed E-state index contributed by atoms with van der Waals surface area (Å²) >= 11 is 0. The molecule has 2 amide bonds. The first-order valence-electron chi connectivity index (χ1n) is 9.57. The highest BCUT2D eigenvalue weighted by Gasteiger charge is 2.49. The number of carbonyl (C=O) groups is 2. The summed E-state index contributed by atoms with van der Waals surface area (Å²) in [5.74, 6) is 1.04. The third-order valence-electron chi connectivity index (χ3n) is 5.49.